The number of rotatable bonds is 8. The Morgan fingerprint density at radius 2 is 1.67 bits per heavy atom. The average molecular weight is 512 g/mol. The molecule has 1 saturated heterocycles. The second kappa shape index (κ2) is 10.1. The van der Waals surface area contributed by atoms with Gasteiger partial charge in [0, 0.05) is 38.3 Å². The van der Waals surface area contributed by atoms with E-state index in [9.17, 15) is 33.6 Å². The van der Waals surface area contributed by atoms with Crippen molar-refractivity contribution in [1.29, 1.82) is 0 Å². The van der Waals surface area contributed by atoms with Gasteiger partial charge in [-0.1, -0.05) is 0 Å². The van der Waals surface area contributed by atoms with E-state index in [-0.39, 0.29) is 24.3 Å². The zero-order valence-corrected chi connectivity index (χ0v) is 21.3. The Morgan fingerprint density at radius 3 is 2.11 bits per heavy atom. The van der Waals surface area contributed by atoms with Crippen molar-refractivity contribution in [2.45, 2.75) is 89.9 Å². The maximum Gasteiger partial charge on any atom is 0.367 e. The quantitative estimate of drug-likeness (QED) is 0.322. The lowest BCUT2D eigenvalue weighted by Gasteiger charge is -2.56. The molecule has 1 heterocycles. The number of imide groups is 1. The third-order valence-corrected chi connectivity index (χ3v) is 6.59. The summed E-state index contributed by atoms with van der Waals surface area (Å²) in [6.07, 6.45) is -3.09. The first-order valence-corrected chi connectivity index (χ1v) is 11.4. The van der Waals surface area contributed by atoms with Crippen LogP contribution in [0.25, 0.3) is 0 Å². The lowest BCUT2D eigenvalue weighted by molar-refractivity contribution is -0.220. The van der Waals surface area contributed by atoms with Crippen LogP contribution in [0.2, 0.25) is 0 Å². The van der Waals surface area contributed by atoms with Crippen molar-refractivity contribution >= 4 is 41.2 Å². The van der Waals surface area contributed by atoms with Gasteiger partial charge in [-0.15, -0.1) is 5.06 Å². The highest BCUT2D eigenvalue weighted by Gasteiger charge is 2.72. The summed E-state index contributed by atoms with van der Waals surface area (Å²) in [5, 5.41) is 9.25. The molecule has 3 atom stereocenters. The van der Waals surface area contributed by atoms with E-state index in [4.69, 9.17) is 20.4 Å². The summed E-state index contributed by atoms with van der Waals surface area (Å²) < 4.78 is 5.19. The molecule has 36 heavy (non-hydrogen) atoms. The first-order valence-electron chi connectivity index (χ1n) is 11.4. The topological polar surface area (TPSA) is 191 Å². The van der Waals surface area contributed by atoms with Gasteiger partial charge in [0.2, 0.25) is 11.4 Å². The number of nitrogens with two attached hydrogens (primary N) is 1. The average Bonchev–Trinajstić information content (AvgIpc) is 3.08. The van der Waals surface area contributed by atoms with Crippen LogP contribution in [0.5, 0.6) is 0 Å². The van der Waals surface area contributed by atoms with Crippen LogP contribution in [-0.2, 0) is 43.1 Å². The van der Waals surface area contributed by atoms with Crippen LogP contribution < -0.4 is 5.73 Å². The van der Waals surface area contributed by atoms with E-state index in [1.807, 2.05) is 0 Å². The van der Waals surface area contributed by atoms with Gasteiger partial charge >= 0.3 is 11.9 Å². The SMILES string of the molecule is COC1CC(=O)C(C)(C)[C@@](C(=O)ON2C(=O)CCC2=O)(N(C(=O)[C@@H](N)CCC(=O)O)C(C)(C)C)C1=O. The summed E-state index contributed by atoms with van der Waals surface area (Å²) in [6, 6.07) is -1.47. The molecular formula is C23H33N3O10. The Hall–Kier alpha value is -3.19. The molecule has 13 heteroatoms. The highest BCUT2D eigenvalue weighted by atomic mass is 16.7. The molecule has 1 unspecified atom stereocenters. The van der Waals surface area contributed by atoms with E-state index in [0.717, 1.165) is 12.0 Å². The van der Waals surface area contributed by atoms with Crippen LogP contribution in [0.15, 0.2) is 0 Å². The Kier molecular flexibility index (Phi) is 8.11. The summed E-state index contributed by atoms with van der Waals surface area (Å²) in [5.74, 6) is -6.98. The Balaban J connectivity index is 2.81. The Labute approximate surface area is 208 Å². The molecule has 1 saturated carbocycles. The fourth-order valence-electron chi connectivity index (χ4n) is 4.66. The number of ketones is 2. The largest absolute Gasteiger partial charge is 0.481 e. The predicted molar refractivity (Wildman–Crippen MR) is 121 cm³/mol. The van der Waals surface area contributed by atoms with Crippen molar-refractivity contribution in [1.82, 2.24) is 9.96 Å². The lowest BCUT2D eigenvalue weighted by Crippen LogP contribution is -2.80. The van der Waals surface area contributed by atoms with Crippen LogP contribution in [0.1, 0.15) is 66.7 Å². The van der Waals surface area contributed by atoms with E-state index in [0.29, 0.717) is 0 Å². The van der Waals surface area contributed by atoms with E-state index >= 15 is 0 Å². The Morgan fingerprint density at radius 1 is 1.14 bits per heavy atom. The third-order valence-electron chi connectivity index (χ3n) is 6.59. The number of methoxy groups -OCH3 is 1. The molecule has 3 N–H and O–H groups in total. The van der Waals surface area contributed by atoms with Crippen molar-refractivity contribution in [3.05, 3.63) is 0 Å². The summed E-state index contributed by atoms with van der Waals surface area (Å²) in [5.41, 5.74) is 0.0321. The van der Waals surface area contributed by atoms with Gasteiger partial charge in [0.25, 0.3) is 11.8 Å². The molecule has 3 amide bonds. The molecule has 2 aliphatic rings. The van der Waals surface area contributed by atoms with Crippen LogP contribution in [0, 0.1) is 5.41 Å². The molecular weight excluding hydrogens is 478 g/mol. The molecule has 0 spiro atoms. The summed E-state index contributed by atoms with van der Waals surface area (Å²) in [6.45, 7) is 7.02. The Bertz CT molecular complexity index is 983. The molecule has 2 fully saturated rings. The van der Waals surface area contributed by atoms with Gasteiger partial charge in [-0.05, 0) is 41.0 Å². The monoisotopic (exact) mass is 511 g/mol. The van der Waals surface area contributed by atoms with Gasteiger partial charge in [-0.3, -0.25) is 28.8 Å². The van der Waals surface area contributed by atoms with E-state index in [1.54, 1.807) is 0 Å². The zero-order valence-electron chi connectivity index (χ0n) is 21.3. The van der Waals surface area contributed by atoms with Crippen molar-refractivity contribution in [3.8, 4) is 0 Å². The number of carboxylic acids is 1. The van der Waals surface area contributed by atoms with Gasteiger partial charge in [-0.25, -0.2) is 4.79 Å². The number of nitrogens with zero attached hydrogens (tertiary/aromatic N) is 2. The number of carbonyl (C=O) groups excluding carboxylic acids is 6. The molecule has 1 aliphatic heterocycles. The molecule has 200 valence electrons. The maximum absolute atomic E-state index is 14.0. The van der Waals surface area contributed by atoms with Crippen molar-refractivity contribution in [2.24, 2.45) is 11.1 Å². The summed E-state index contributed by atoms with van der Waals surface area (Å²) in [4.78, 5) is 96.5. The summed E-state index contributed by atoms with van der Waals surface area (Å²) >= 11 is 0. The minimum atomic E-state index is -2.71. The molecule has 1 aliphatic carbocycles. The van der Waals surface area contributed by atoms with E-state index in [1.165, 1.54) is 34.6 Å². The number of hydrogen-bond acceptors (Lipinski definition) is 10. The smallest absolute Gasteiger partial charge is 0.367 e. The van der Waals surface area contributed by atoms with E-state index in [2.05, 4.69) is 0 Å². The van der Waals surface area contributed by atoms with Crippen LogP contribution in [-0.4, -0.2) is 86.6 Å². The molecule has 13 nitrogen and oxygen atoms in total. The van der Waals surface area contributed by atoms with Crippen LogP contribution >= 0.6 is 0 Å². The van der Waals surface area contributed by atoms with Gasteiger partial charge in [-0.2, -0.15) is 0 Å². The first-order chi connectivity index (χ1) is 16.4. The molecule has 2 rings (SSSR count). The third kappa shape index (κ3) is 4.76. The minimum Gasteiger partial charge on any atom is -0.481 e. The number of amides is 3. The van der Waals surface area contributed by atoms with Crippen molar-refractivity contribution in [2.75, 3.05) is 7.11 Å². The molecule has 0 aromatic carbocycles. The normalized spacial score (nSPS) is 25.1. The lowest BCUT2D eigenvalue weighted by atomic mass is 9.58. The van der Waals surface area contributed by atoms with Crippen molar-refractivity contribution < 1.29 is 48.2 Å². The first kappa shape index (κ1) is 29.0. The zero-order chi connectivity index (χ0) is 27.8. The number of carboxylic acid groups (broad SMARTS) is 1. The fraction of sp³-hybridized carbons (Fsp3) is 0.696. The number of hydroxylamine groups is 2. The molecule has 0 bridgehead atoms. The number of aliphatic carboxylic acids is 1. The van der Waals surface area contributed by atoms with Crippen molar-refractivity contribution in [3.63, 3.8) is 0 Å². The van der Waals surface area contributed by atoms with Gasteiger partial charge < -0.3 is 25.3 Å². The second-order valence-corrected chi connectivity index (χ2v) is 10.4. The number of Topliss-reactive ketones (excluding diaryl/α,β-unsaturated/α-hetero) is 2. The number of carbonyl (C=O) groups is 7. The standard InChI is InChI=1S/C23H33N3O10/c1-21(2,3)26(19(33)12(24)7-10-17(30)31)23(20(34)36-25-15(28)8-9-16(25)29)18(32)13(35-6)11-14(27)22(23,4)5/h12-13H,7-11,24H2,1-6H3,(H,30,31)/t12-,13?,23+/m0/s1. The highest BCUT2D eigenvalue weighted by molar-refractivity contribution is 6.21. The molecule has 0 aromatic heterocycles. The second-order valence-electron chi connectivity index (χ2n) is 10.4. The van der Waals surface area contributed by atoms with Gasteiger partial charge in [0.1, 0.15) is 11.9 Å². The molecule has 0 aromatic rings. The fourth-order valence-corrected chi connectivity index (χ4v) is 4.66. The maximum atomic E-state index is 14.0. The van der Waals surface area contributed by atoms with Gasteiger partial charge in [0.05, 0.1) is 11.5 Å². The predicted octanol–water partition coefficient (Wildman–Crippen LogP) is -0.265. The molecule has 0 radical (unpaired) electrons. The number of hydrogen-bond donors (Lipinski definition) is 2. The van der Waals surface area contributed by atoms with E-state index < -0.39 is 82.7 Å². The van der Waals surface area contributed by atoms with Crippen LogP contribution in [0.3, 0.4) is 0 Å². The van der Waals surface area contributed by atoms with Crippen LogP contribution in [0.4, 0.5) is 0 Å². The highest BCUT2D eigenvalue weighted by Crippen LogP contribution is 2.48. The summed E-state index contributed by atoms with van der Waals surface area (Å²) in [7, 11) is 1.15. The minimum absolute atomic E-state index is 0.224. The van der Waals surface area contributed by atoms with Gasteiger partial charge in [0.15, 0.2) is 5.78 Å². The number of ether oxygens (including phenoxy) is 1.